The van der Waals surface area contributed by atoms with Crippen molar-refractivity contribution in [2.24, 2.45) is 0 Å². The van der Waals surface area contributed by atoms with Crippen LogP contribution in [0.1, 0.15) is 55.5 Å². The number of unbranched alkanes of at least 4 members (excludes halogenated alkanes) is 5. The van der Waals surface area contributed by atoms with Gasteiger partial charge in [-0.1, -0.05) is 43.9 Å². The van der Waals surface area contributed by atoms with Crippen LogP contribution in [0.4, 0.5) is 10.1 Å². The molecule has 2 aromatic carbocycles. The fourth-order valence-electron chi connectivity index (χ4n) is 3.82. The summed E-state index contributed by atoms with van der Waals surface area (Å²) in [6, 6.07) is 17.0. The lowest BCUT2D eigenvalue weighted by molar-refractivity contribution is -0.297. The molecular weight excluding hydrogens is 491 g/mol. The molecule has 196 valence electrons. The number of carbonyl (C=O) groups is 1. The first-order valence-corrected chi connectivity index (χ1v) is 13.7. The second-order valence-corrected chi connectivity index (χ2v) is 10.2. The zero-order valence-corrected chi connectivity index (χ0v) is 21.6. The highest BCUT2D eigenvalue weighted by molar-refractivity contribution is 7.84. The lowest BCUT2D eigenvalue weighted by atomic mass is 10.0. The number of rotatable bonds is 15. The fourth-order valence-corrected chi connectivity index (χ4v) is 4.91. The predicted molar refractivity (Wildman–Crippen MR) is 143 cm³/mol. The number of benzene rings is 2. The van der Waals surface area contributed by atoms with Gasteiger partial charge in [-0.05, 0) is 79.4 Å². The van der Waals surface area contributed by atoms with E-state index in [-0.39, 0.29) is 11.6 Å². The fraction of sp³-hybridized carbons (Fsp3) is 0.310. The van der Waals surface area contributed by atoms with E-state index < -0.39 is 16.8 Å². The number of nitrogens with zero attached hydrogens (tertiary/aromatic N) is 1. The molecular formula is C29H32FN2O4S-. The van der Waals surface area contributed by atoms with Crippen molar-refractivity contribution in [2.75, 3.05) is 12.3 Å². The number of hydrogen-bond acceptors (Lipinski definition) is 6. The van der Waals surface area contributed by atoms with Gasteiger partial charge in [0.1, 0.15) is 17.3 Å². The molecule has 1 heterocycles. The number of nitrogens with two attached hydrogens (primary N) is 1. The molecule has 0 bridgehead atoms. The van der Waals surface area contributed by atoms with E-state index in [1.165, 1.54) is 18.2 Å². The Morgan fingerprint density at radius 1 is 1.00 bits per heavy atom. The van der Waals surface area contributed by atoms with Crippen molar-refractivity contribution >= 4 is 28.5 Å². The van der Waals surface area contributed by atoms with Crippen molar-refractivity contribution in [2.45, 2.75) is 55.6 Å². The van der Waals surface area contributed by atoms with Gasteiger partial charge < -0.3 is 20.4 Å². The number of aryl methyl sites for hydroxylation is 1. The second-order valence-electron chi connectivity index (χ2n) is 8.75. The number of anilines is 1. The van der Waals surface area contributed by atoms with Gasteiger partial charge in [-0.25, -0.2) is 9.37 Å². The van der Waals surface area contributed by atoms with Gasteiger partial charge in [-0.2, -0.15) is 0 Å². The molecule has 0 amide bonds. The Balaban J connectivity index is 1.44. The van der Waals surface area contributed by atoms with E-state index >= 15 is 0 Å². The molecule has 2 N–H and O–H groups in total. The molecule has 1 atom stereocenters. The minimum absolute atomic E-state index is 0.164. The van der Waals surface area contributed by atoms with E-state index in [4.69, 9.17) is 10.5 Å². The van der Waals surface area contributed by atoms with Gasteiger partial charge in [0.15, 0.2) is 0 Å². The van der Waals surface area contributed by atoms with Gasteiger partial charge in [0.2, 0.25) is 0 Å². The topological polar surface area (TPSA) is 105 Å². The predicted octanol–water partition coefficient (Wildman–Crippen LogP) is 4.84. The van der Waals surface area contributed by atoms with Gasteiger partial charge in [-0.3, -0.25) is 4.21 Å². The third-order valence-corrected chi connectivity index (χ3v) is 7.09. The Hall–Kier alpha value is -3.52. The number of nitrogen functional groups attached to an aromatic ring is 1. The third-order valence-electron chi connectivity index (χ3n) is 5.75. The van der Waals surface area contributed by atoms with Crippen molar-refractivity contribution in [1.29, 1.82) is 0 Å². The van der Waals surface area contributed by atoms with Crippen molar-refractivity contribution in [1.82, 2.24) is 4.98 Å². The number of halogens is 1. The smallest absolute Gasteiger partial charge is 0.144 e. The lowest BCUT2D eigenvalue weighted by Crippen LogP contribution is -2.18. The van der Waals surface area contributed by atoms with Crippen LogP contribution in [0, 0.1) is 5.82 Å². The van der Waals surface area contributed by atoms with E-state index in [1.54, 1.807) is 36.4 Å². The molecule has 0 saturated heterocycles. The Bertz CT molecular complexity index is 1210. The normalized spacial score (nSPS) is 12.0. The van der Waals surface area contributed by atoms with Crippen LogP contribution in [0.25, 0.3) is 6.08 Å². The molecule has 0 radical (unpaired) electrons. The average Bonchev–Trinajstić information content (AvgIpc) is 2.88. The highest BCUT2D eigenvalue weighted by Gasteiger charge is 2.10. The Morgan fingerprint density at radius 3 is 2.46 bits per heavy atom. The molecule has 0 fully saturated rings. The van der Waals surface area contributed by atoms with E-state index in [0.717, 1.165) is 56.6 Å². The van der Waals surface area contributed by atoms with Crippen LogP contribution in [0.2, 0.25) is 0 Å². The van der Waals surface area contributed by atoms with Gasteiger partial charge in [-0.15, -0.1) is 0 Å². The summed E-state index contributed by atoms with van der Waals surface area (Å²) >= 11 is 0. The standard InChI is InChI=1S/C29H33FN2O4S/c30-23-13-11-22(12-14-23)8-5-3-1-2-4-6-19-36-28-17-15-25(32-27(28)16-18-29(33)34)21-37(35)26-10-7-9-24(31)20-26/h7,9-18,20H,1-6,8,19,21,31H2,(H,33,34)/p-1/b18-16+. The minimum Gasteiger partial charge on any atom is -0.545 e. The molecule has 0 spiro atoms. The highest BCUT2D eigenvalue weighted by Crippen LogP contribution is 2.22. The summed E-state index contributed by atoms with van der Waals surface area (Å²) in [5.74, 6) is -0.904. The van der Waals surface area contributed by atoms with Crippen LogP contribution in [0.15, 0.2) is 71.6 Å². The van der Waals surface area contributed by atoms with Gasteiger partial charge in [0, 0.05) is 10.6 Å². The van der Waals surface area contributed by atoms with Gasteiger partial charge in [0.05, 0.1) is 34.8 Å². The number of carboxylic acids is 1. The number of pyridine rings is 1. The van der Waals surface area contributed by atoms with Crippen molar-refractivity contribution in [3.63, 3.8) is 0 Å². The molecule has 0 saturated carbocycles. The summed E-state index contributed by atoms with van der Waals surface area (Å²) in [5.41, 5.74) is 8.37. The molecule has 0 aliphatic carbocycles. The zero-order chi connectivity index (χ0) is 26.5. The minimum atomic E-state index is -1.35. The summed E-state index contributed by atoms with van der Waals surface area (Å²) in [7, 11) is -1.35. The quantitative estimate of drug-likeness (QED) is 0.174. The number of carbonyl (C=O) groups excluding carboxylic acids is 1. The molecule has 8 heteroatoms. The average molecular weight is 524 g/mol. The highest BCUT2D eigenvalue weighted by atomic mass is 32.2. The Labute approximate surface area is 219 Å². The molecule has 6 nitrogen and oxygen atoms in total. The second kappa shape index (κ2) is 14.9. The van der Waals surface area contributed by atoms with Crippen molar-refractivity contribution in [3.8, 4) is 5.75 Å². The molecule has 3 aromatic rings. The van der Waals surface area contributed by atoms with Crippen LogP contribution in [0.3, 0.4) is 0 Å². The molecule has 3 rings (SSSR count). The first kappa shape index (κ1) is 28.1. The van der Waals surface area contributed by atoms with Crippen LogP contribution < -0.4 is 15.6 Å². The van der Waals surface area contributed by atoms with Crippen molar-refractivity contribution in [3.05, 3.63) is 89.5 Å². The van der Waals surface area contributed by atoms with Gasteiger partial charge >= 0.3 is 0 Å². The molecule has 37 heavy (non-hydrogen) atoms. The van der Waals surface area contributed by atoms with E-state index in [2.05, 4.69) is 4.98 Å². The Morgan fingerprint density at radius 2 is 1.73 bits per heavy atom. The van der Waals surface area contributed by atoms with Crippen LogP contribution in [0.5, 0.6) is 5.75 Å². The van der Waals surface area contributed by atoms with Crippen molar-refractivity contribution < 1.29 is 23.2 Å². The Kier molecular flexibility index (Phi) is 11.3. The maximum absolute atomic E-state index is 13.0. The largest absolute Gasteiger partial charge is 0.545 e. The monoisotopic (exact) mass is 523 g/mol. The van der Waals surface area contributed by atoms with E-state index in [1.807, 2.05) is 12.1 Å². The molecule has 0 aliphatic heterocycles. The lowest BCUT2D eigenvalue weighted by Gasteiger charge is -2.11. The SMILES string of the molecule is Nc1cccc(S(=O)Cc2ccc(OCCCCCCCCc3ccc(F)cc3)c(/C=C/C(=O)[O-])n2)c1. The summed E-state index contributed by atoms with van der Waals surface area (Å²) in [6.45, 7) is 0.484. The maximum atomic E-state index is 13.0. The first-order chi connectivity index (χ1) is 17.9. The maximum Gasteiger partial charge on any atom is 0.144 e. The zero-order valence-electron chi connectivity index (χ0n) is 20.7. The molecule has 1 unspecified atom stereocenters. The molecule has 0 aliphatic rings. The first-order valence-electron chi connectivity index (χ1n) is 12.4. The summed E-state index contributed by atoms with van der Waals surface area (Å²) < 4.78 is 31.5. The van der Waals surface area contributed by atoms with Crippen LogP contribution in [-0.4, -0.2) is 21.8 Å². The number of aliphatic carboxylic acids is 1. The van der Waals surface area contributed by atoms with E-state index in [9.17, 15) is 18.5 Å². The summed E-state index contributed by atoms with van der Waals surface area (Å²) in [6.07, 6.45) is 9.50. The van der Waals surface area contributed by atoms with Crippen LogP contribution in [-0.2, 0) is 27.8 Å². The number of hydrogen-bond donors (Lipinski definition) is 1. The van der Waals surface area contributed by atoms with Gasteiger partial charge in [0.25, 0.3) is 0 Å². The third kappa shape index (κ3) is 10.2. The van der Waals surface area contributed by atoms with E-state index in [0.29, 0.717) is 34.3 Å². The number of ether oxygens (including phenoxy) is 1. The van der Waals surface area contributed by atoms with Crippen LogP contribution >= 0.6 is 0 Å². The number of aromatic nitrogens is 1. The summed E-state index contributed by atoms with van der Waals surface area (Å²) in [5, 5.41) is 10.9. The summed E-state index contributed by atoms with van der Waals surface area (Å²) in [4.78, 5) is 16.0. The molecule has 1 aromatic heterocycles. The number of carboxylic acid groups (broad SMARTS) is 1.